The Morgan fingerprint density at radius 1 is 1.47 bits per heavy atom. The van der Waals surface area contributed by atoms with Crippen molar-refractivity contribution in [3.63, 3.8) is 0 Å². The maximum Gasteiger partial charge on any atom is 0.0719 e. The molecule has 1 rings (SSSR count). The van der Waals surface area contributed by atoms with Crippen LogP contribution in [0.15, 0.2) is 12.4 Å². The lowest BCUT2D eigenvalue weighted by molar-refractivity contribution is 0.218. The van der Waals surface area contributed by atoms with Gasteiger partial charge in [-0.1, -0.05) is 20.8 Å². The number of hydrogen-bond acceptors (Lipinski definition) is 3. The van der Waals surface area contributed by atoms with Crippen molar-refractivity contribution in [3.05, 3.63) is 12.4 Å². The van der Waals surface area contributed by atoms with E-state index in [1.807, 2.05) is 10.9 Å². The van der Waals surface area contributed by atoms with Gasteiger partial charge in [-0.15, -0.1) is 0 Å². The van der Waals surface area contributed by atoms with Gasteiger partial charge in [0.25, 0.3) is 0 Å². The maximum atomic E-state index is 5.59. The third kappa shape index (κ3) is 4.83. The Morgan fingerprint density at radius 3 is 2.60 bits per heavy atom. The summed E-state index contributed by atoms with van der Waals surface area (Å²) < 4.78 is 1.88. The highest BCUT2D eigenvalue weighted by atomic mass is 15.3. The lowest BCUT2D eigenvalue weighted by Gasteiger charge is -2.26. The summed E-state index contributed by atoms with van der Waals surface area (Å²) in [5, 5.41) is 4.15. The minimum absolute atomic E-state index is 0.345. The zero-order chi connectivity index (χ0) is 11.5. The van der Waals surface area contributed by atoms with Crippen molar-refractivity contribution in [1.82, 2.24) is 14.7 Å². The van der Waals surface area contributed by atoms with Gasteiger partial charge >= 0.3 is 0 Å². The number of hydrogen-bond donors (Lipinski definition) is 1. The second-order valence-electron chi connectivity index (χ2n) is 5.34. The molecule has 2 N–H and O–H groups in total. The Morgan fingerprint density at radius 2 is 2.13 bits per heavy atom. The van der Waals surface area contributed by atoms with Gasteiger partial charge in [0, 0.05) is 19.3 Å². The molecule has 0 saturated carbocycles. The molecule has 0 saturated heterocycles. The molecule has 0 aliphatic carbocycles. The van der Waals surface area contributed by atoms with E-state index in [4.69, 9.17) is 5.73 Å². The van der Waals surface area contributed by atoms with Crippen LogP contribution in [0.4, 0.5) is 5.69 Å². The number of nitrogen functional groups attached to an aromatic ring is 1. The number of nitrogens with zero attached hydrogens (tertiary/aromatic N) is 3. The van der Waals surface area contributed by atoms with Gasteiger partial charge in [0.05, 0.1) is 18.4 Å². The normalized spacial score (nSPS) is 12.3. The van der Waals surface area contributed by atoms with Gasteiger partial charge in [0.15, 0.2) is 0 Å². The predicted molar refractivity (Wildman–Crippen MR) is 63.6 cm³/mol. The van der Waals surface area contributed by atoms with E-state index in [-0.39, 0.29) is 0 Å². The summed E-state index contributed by atoms with van der Waals surface area (Å²) >= 11 is 0. The van der Waals surface area contributed by atoms with Gasteiger partial charge in [-0.25, -0.2) is 0 Å². The first-order valence-electron chi connectivity index (χ1n) is 5.33. The second-order valence-corrected chi connectivity index (χ2v) is 5.34. The molecule has 0 bridgehead atoms. The molecule has 0 fully saturated rings. The smallest absolute Gasteiger partial charge is 0.0719 e. The van der Waals surface area contributed by atoms with Crippen molar-refractivity contribution in [2.24, 2.45) is 5.41 Å². The number of aromatic nitrogens is 2. The fourth-order valence-electron chi connectivity index (χ4n) is 1.66. The summed E-state index contributed by atoms with van der Waals surface area (Å²) in [7, 11) is 2.14. The zero-order valence-corrected chi connectivity index (χ0v) is 10.2. The average Bonchev–Trinajstić information content (AvgIpc) is 2.45. The number of anilines is 1. The number of nitrogens with two attached hydrogens (primary N) is 1. The first-order chi connectivity index (χ1) is 6.87. The molecule has 1 aromatic heterocycles. The van der Waals surface area contributed by atoms with Crippen molar-refractivity contribution < 1.29 is 0 Å². The van der Waals surface area contributed by atoms with E-state index in [2.05, 4.69) is 37.8 Å². The third-order valence-corrected chi connectivity index (χ3v) is 2.11. The Hall–Kier alpha value is -1.03. The number of likely N-dealkylation sites (N-methyl/N-ethyl adjacent to an activating group) is 1. The largest absolute Gasteiger partial charge is 0.396 e. The predicted octanol–water partition coefficient (Wildman–Crippen LogP) is 1.44. The van der Waals surface area contributed by atoms with Gasteiger partial charge in [-0.05, 0) is 12.5 Å². The minimum Gasteiger partial charge on any atom is -0.396 e. The van der Waals surface area contributed by atoms with Crippen molar-refractivity contribution >= 4 is 5.69 Å². The molecule has 0 aliphatic rings. The van der Waals surface area contributed by atoms with Crippen LogP contribution in [0.2, 0.25) is 0 Å². The molecule has 1 heterocycles. The summed E-state index contributed by atoms with van der Waals surface area (Å²) in [5.41, 5.74) is 6.67. The van der Waals surface area contributed by atoms with Crippen molar-refractivity contribution in [3.8, 4) is 0 Å². The van der Waals surface area contributed by atoms with Crippen LogP contribution in [0, 0.1) is 5.41 Å². The highest BCUT2D eigenvalue weighted by Crippen LogP contribution is 2.13. The zero-order valence-electron chi connectivity index (χ0n) is 10.2. The molecule has 15 heavy (non-hydrogen) atoms. The Bertz CT molecular complexity index is 298. The monoisotopic (exact) mass is 210 g/mol. The topological polar surface area (TPSA) is 47.1 Å². The summed E-state index contributed by atoms with van der Waals surface area (Å²) in [4.78, 5) is 2.32. The molecular formula is C11H22N4. The molecular weight excluding hydrogens is 188 g/mol. The molecule has 4 heteroatoms. The molecule has 4 nitrogen and oxygen atoms in total. The van der Waals surface area contributed by atoms with Gasteiger partial charge in [0.2, 0.25) is 0 Å². The maximum absolute atomic E-state index is 5.59. The molecule has 0 amide bonds. The molecule has 0 aromatic carbocycles. The van der Waals surface area contributed by atoms with Crippen LogP contribution in [-0.2, 0) is 6.54 Å². The van der Waals surface area contributed by atoms with Gasteiger partial charge in [0.1, 0.15) is 0 Å². The van der Waals surface area contributed by atoms with Crippen LogP contribution in [0.3, 0.4) is 0 Å². The fraction of sp³-hybridized carbons (Fsp3) is 0.727. The lowest BCUT2D eigenvalue weighted by Crippen LogP contribution is -2.31. The second kappa shape index (κ2) is 4.66. The van der Waals surface area contributed by atoms with Gasteiger partial charge in [-0.2, -0.15) is 5.10 Å². The quantitative estimate of drug-likeness (QED) is 0.818. The fourth-order valence-corrected chi connectivity index (χ4v) is 1.66. The van der Waals surface area contributed by atoms with Gasteiger partial charge < -0.3 is 10.6 Å². The van der Waals surface area contributed by atoms with Crippen LogP contribution in [0.25, 0.3) is 0 Å². The molecule has 0 aliphatic heterocycles. The summed E-state index contributed by atoms with van der Waals surface area (Å²) in [6.45, 7) is 9.71. The van der Waals surface area contributed by atoms with Crippen molar-refractivity contribution in [1.29, 1.82) is 0 Å². The Labute approximate surface area is 92.1 Å². The molecule has 0 atom stereocenters. The molecule has 0 unspecified atom stereocenters. The standard InChI is InChI=1S/C11H22N4/c1-11(2,3)9-14(4)5-6-15-8-10(12)7-13-15/h7-8H,5-6,9,12H2,1-4H3. The average molecular weight is 210 g/mol. The van der Waals surface area contributed by atoms with E-state index < -0.39 is 0 Å². The van der Waals surface area contributed by atoms with Crippen LogP contribution < -0.4 is 5.73 Å². The van der Waals surface area contributed by atoms with E-state index in [1.54, 1.807) is 6.20 Å². The van der Waals surface area contributed by atoms with Gasteiger partial charge in [-0.3, -0.25) is 4.68 Å². The van der Waals surface area contributed by atoms with Crippen molar-refractivity contribution in [2.75, 3.05) is 25.9 Å². The third-order valence-electron chi connectivity index (χ3n) is 2.11. The van der Waals surface area contributed by atoms with E-state index >= 15 is 0 Å². The van der Waals surface area contributed by atoms with E-state index in [0.29, 0.717) is 5.41 Å². The lowest BCUT2D eigenvalue weighted by atomic mass is 9.96. The Balaban J connectivity index is 2.31. The molecule has 1 aromatic rings. The van der Waals surface area contributed by atoms with Crippen LogP contribution >= 0.6 is 0 Å². The Kier molecular flexibility index (Phi) is 3.74. The first kappa shape index (κ1) is 12.0. The van der Waals surface area contributed by atoms with Crippen molar-refractivity contribution in [2.45, 2.75) is 27.3 Å². The number of rotatable bonds is 4. The minimum atomic E-state index is 0.345. The SMILES string of the molecule is CN(CCn1cc(N)cn1)CC(C)(C)C. The van der Waals surface area contributed by atoms with E-state index in [0.717, 1.165) is 25.3 Å². The van der Waals surface area contributed by atoms with E-state index in [9.17, 15) is 0 Å². The summed E-state index contributed by atoms with van der Waals surface area (Å²) in [5.74, 6) is 0. The van der Waals surface area contributed by atoms with Crippen LogP contribution in [-0.4, -0.2) is 34.8 Å². The highest BCUT2D eigenvalue weighted by molar-refractivity contribution is 5.30. The van der Waals surface area contributed by atoms with Crippen LogP contribution in [0.5, 0.6) is 0 Å². The molecule has 0 radical (unpaired) electrons. The summed E-state index contributed by atoms with van der Waals surface area (Å²) in [6, 6.07) is 0. The molecule has 86 valence electrons. The van der Waals surface area contributed by atoms with E-state index in [1.165, 1.54) is 0 Å². The highest BCUT2D eigenvalue weighted by Gasteiger charge is 2.13. The summed E-state index contributed by atoms with van der Waals surface area (Å²) in [6.07, 6.45) is 3.55. The molecule has 0 spiro atoms. The first-order valence-corrected chi connectivity index (χ1v) is 5.33. The van der Waals surface area contributed by atoms with Crippen LogP contribution in [0.1, 0.15) is 20.8 Å².